The number of nitrogens with one attached hydrogen (secondary N) is 2. The summed E-state index contributed by atoms with van der Waals surface area (Å²) in [6.45, 7) is 6.97. The molecule has 1 aliphatic rings. The molecule has 43 heavy (non-hydrogen) atoms. The fourth-order valence-corrected chi connectivity index (χ4v) is 6.51. The van der Waals surface area contributed by atoms with Crippen LogP contribution in [0.1, 0.15) is 61.2 Å². The van der Waals surface area contributed by atoms with Gasteiger partial charge in [0.25, 0.3) is 5.91 Å². The molecule has 0 saturated carbocycles. The molecule has 228 valence electrons. The fraction of sp³-hybridized carbons (Fsp3) is 0.467. The highest BCUT2D eigenvalue weighted by Gasteiger charge is 2.31. The Kier molecular flexibility index (Phi) is 9.81. The maximum absolute atomic E-state index is 14.0. The van der Waals surface area contributed by atoms with Crippen LogP contribution in [0.25, 0.3) is 16.3 Å². The molecule has 5 rings (SSSR count). The number of nitrogens with zero attached hydrogens (tertiary/aromatic N) is 6. The second kappa shape index (κ2) is 13.7. The molecular weight excluding hydrogens is 585 g/mol. The van der Waals surface area contributed by atoms with Crippen LogP contribution in [0.4, 0.5) is 0 Å². The SMILES string of the molecule is CSCC[C@@H]1NC(=O)CCCN(C(=O)c2c(C)nc3sccn23)CCn2nc(-c3ccccc3)nc2[C@@H](C(C)C)NC1=O. The molecule has 2 atom stereocenters. The predicted octanol–water partition coefficient (Wildman–Crippen LogP) is 3.95. The quantitative estimate of drug-likeness (QED) is 0.334. The lowest BCUT2D eigenvalue weighted by atomic mass is 10.0. The second-order valence-corrected chi connectivity index (χ2v) is 12.9. The Morgan fingerprint density at radius 2 is 1.91 bits per heavy atom. The zero-order chi connectivity index (χ0) is 30.5. The third-order valence-electron chi connectivity index (χ3n) is 7.58. The van der Waals surface area contributed by atoms with Crippen molar-refractivity contribution in [3.05, 3.63) is 59.1 Å². The van der Waals surface area contributed by atoms with Crippen molar-refractivity contribution in [2.24, 2.45) is 5.92 Å². The normalized spacial score (nSPS) is 18.8. The van der Waals surface area contributed by atoms with Gasteiger partial charge in [0.1, 0.15) is 11.7 Å². The zero-order valence-corrected chi connectivity index (χ0v) is 26.6. The van der Waals surface area contributed by atoms with E-state index in [-0.39, 0.29) is 30.1 Å². The lowest BCUT2D eigenvalue weighted by Crippen LogP contribution is -2.49. The number of hydrogen-bond donors (Lipinski definition) is 2. The van der Waals surface area contributed by atoms with E-state index in [9.17, 15) is 14.4 Å². The summed E-state index contributed by atoms with van der Waals surface area (Å²) in [6.07, 6.45) is 5.00. The number of fused-ring (bicyclic) bond motifs is 2. The minimum absolute atomic E-state index is 0.0145. The summed E-state index contributed by atoms with van der Waals surface area (Å²) in [7, 11) is 0. The maximum atomic E-state index is 14.0. The lowest BCUT2D eigenvalue weighted by Gasteiger charge is -2.28. The summed E-state index contributed by atoms with van der Waals surface area (Å²) in [5.41, 5.74) is 2.05. The predicted molar refractivity (Wildman–Crippen MR) is 169 cm³/mol. The van der Waals surface area contributed by atoms with Gasteiger partial charge in [-0.25, -0.2) is 14.6 Å². The van der Waals surface area contributed by atoms with Crippen LogP contribution < -0.4 is 10.6 Å². The molecule has 0 unspecified atom stereocenters. The Hall–Kier alpha value is -3.71. The Labute approximate surface area is 259 Å². The minimum atomic E-state index is -0.673. The van der Waals surface area contributed by atoms with E-state index in [4.69, 9.17) is 10.1 Å². The van der Waals surface area contributed by atoms with E-state index < -0.39 is 12.1 Å². The highest BCUT2D eigenvalue weighted by atomic mass is 32.2. The number of hydrogen-bond acceptors (Lipinski definition) is 8. The van der Waals surface area contributed by atoms with Gasteiger partial charge in [0.2, 0.25) is 11.8 Å². The molecule has 2 N–H and O–H groups in total. The van der Waals surface area contributed by atoms with Crippen molar-refractivity contribution >= 4 is 45.8 Å². The molecule has 11 nitrogen and oxygen atoms in total. The number of aromatic nitrogens is 5. The number of thiazole rings is 1. The number of thioether (sulfide) groups is 1. The van der Waals surface area contributed by atoms with Crippen LogP contribution in [0.5, 0.6) is 0 Å². The van der Waals surface area contributed by atoms with E-state index in [1.165, 1.54) is 11.3 Å². The molecule has 1 aromatic carbocycles. The molecular formula is C30H38N8O3S2. The molecule has 4 heterocycles. The summed E-state index contributed by atoms with van der Waals surface area (Å²) >= 11 is 3.11. The van der Waals surface area contributed by atoms with E-state index in [1.807, 2.05) is 78.0 Å². The van der Waals surface area contributed by atoms with Gasteiger partial charge in [-0.3, -0.25) is 18.8 Å². The van der Waals surface area contributed by atoms with Crippen LogP contribution in [0, 0.1) is 12.8 Å². The van der Waals surface area contributed by atoms with Gasteiger partial charge >= 0.3 is 0 Å². The first-order valence-corrected chi connectivity index (χ1v) is 16.8. The van der Waals surface area contributed by atoms with Crippen molar-refractivity contribution in [2.75, 3.05) is 25.1 Å². The minimum Gasteiger partial charge on any atom is -0.344 e. The van der Waals surface area contributed by atoms with Gasteiger partial charge in [0, 0.05) is 36.7 Å². The van der Waals surface area contributed by atoms with Crippen LogP contribution in [-0.4, -0.2) is 77.9 Å². The molecule has 0 radical (unpaired) electrons. The number of carbonyl (C=O) groups is 3. The number of benzene rings is 1. The first-order chi connectivity index (χ1) is 20.8. The monoisotopic (exact) mass is 622 g/mol. The standard InChI is InChI=1S/C30H38N8O3S2/c1-19(2)24-27-34-26(21-9-6-5-7-10-21)35-38(27)15-14-36(29(41)25-20(3)31-30-37(25)16-18-43-30)13-8-11-23(39)32-22(12-17-42-4)28(40)33-24/h5-7,9-10,16,18-19,22,24H,8,11-15,17H2,1-4H3,(H,32,39)(H,33,40)/t22-,24+/m0/s1. The van der Waals surface area contributed by atoms with E-state index in [2.05, 4.69) is 15.6 Å². The van der Waals surface area contributed by atoms with Crippen molar-refractivity contribution in [2.45, 2.75) is 58.7 Å². The summed E-state index contributed by atoms with van der Waals surface area (Å²) < 4.78 is 3.65. The molecule has 1 aliphatic heterocycles. The molecule has 0 bridgehead atoms. The lowest BCUT2D eigenvalue weighted by molar-refractivity contribution is -0.129. The molecule has 3 amide bonds. The number of imidazole rings is 1. The molecule has 13 heteroatoms. The Balaban J connectivity index is 1.54. The summed E-state index contributed by atoms with van der Waals surface area (Å²) in [6, 6.07) is 8.58. The fourth-order valence-electron chi connectivity index (χ4n) is 5.27. The average Bonchev–Trinajstić information content (AvgIpc) is 3.69. The summed E-state index contributed by atoms with van der Waals surface area (Å²) in [4.78, 5) is 52.6. The molecule has 0 aliphatic carbocycles. The first-order valence-electron chi connectivity index (χ1n) is 14.6. The van der Waals surface area contributed by atoms with Gasteiger partial charge in [-0.1, -0.05) is 44.2 Å². The van der Waals surface area contributed by atoms with Gasteiger partial charge < -0.3 is 15.5 Å². The molecule has 0 fully saturated rings. The highest BCUT2D eigenvalue weighted by molar-refractivity contribution is 7.98. The van der Waals surface area contributed by atoms with Crippen LogP contribution in [0.15, 0.2) is 41.9 Å². The smallest absolute Gasteiger partial charge is 0.272 e. The van der Waals surface area contributed by atoms with Crippen molar-refractivity contribution in [3.8, 4) is 11.4 Å². The van der Waals surface area contributed by atoms with Crippen LogP contribution in [0.3, 0.4) is 0 Å². The topological polar surface area (TPSA) is 127 Å². The molecule has 0 saturated heterocycles. The molecule has 0 spiro atoms. The van der Waals surface area contributed by atoms with Gasteiger partial charge in [-0.15, -0.1) is 11.3 Å². The number of carbonyl (C=O) groups excluding carboxylic acids is 3. The maximum Gasteiger partial charge on any atom is 0.272 e. The van der Waals surface area contributed by atoms with E-state index >= 15 is 0 Å². The van der Waals surface area contributed by atoms with Crippen molar-refractivity contribution in [1.29, 1.82) is 0 Å². The van der Waals surface area contributed by atoms with Crippen molar-refractivity contribution < 1.29 is 14.4 Å². The van der Waals surface area contributed by atoms with Crippen molar-refractivity contribution in [1.82, 2.24) is 39.7 Å². The first kappa shape index (κ1) is 30.7. The third kappa shape index (κ3) is 6.93. The van der Waals surface area contributed by atoms with Gasteiger partial charge in [-0.2, -0.15) is 16.9 Å². The number of aryl methyl sites for hydroxylation is 1. The highest BCUT2D eigenvalue weighted by Crippen LogP contribution is 2.25. The van der Waals surface area contributed by atoms with Gasteiger partial charge in [0.05, 0.1) is 18.3 Å². The Morgan fingerprint density at radius 1 is 1.12 bits per heavy atom. The van der Waals surface area contributed by atoms with E-state index in [0.29, 0.717) is 55.5 Å². The van der Waals surface area contributed by atoms with E-state index in [1.54, 1.807) is 16.7 Å². The Morgan fingerprint density at radius 3 is 2.65 bits per heavy atom. The van der Waals surface area contributed by atoms with Crippen LogP contribution in [0.2, 0.25) is 0 Å². The summed E-state index contributed by atoms with van der Waals surface area (Å²) in [5.74, 6) is 1.29. The second-order valence-electron chi connectivity index (χ2n) is 11.0. The van der Waals surface area contributed by atoms with Gasteiger partial charge in [-0.05, 0) is 37.7 Å². The zero-order valence-electron chi connectivity index (χ0n) is 24.9. The molecule has 4 aromatic rings. The number of amides is 3. The Bertz CT molecular complexity index is 1580. The van der Waals surface area contributed by atoms with E-state index in [0.717, 1.165) is 16.3 Å². The van der Waals surface area contributed by atoms with Crippen LogP contribution >= 0.6 is 23.1 Å². The van der Waals surface area contributed by atoms with Gasteiger partial charge in [0.15, 0.2) is 16.6 Å². The molecule has 3 aromatic heterocycles. The summed E-state index contributed by atoms with van der Waals surface area (Å²) in [5, 5.41) is 12.9. The largest absolute Gasteiger partial charge is 0.344 e. The number of rotatable bonds is 6. The average molecular weight is 623 g/mol. The third-order valence-corrected chi connectivity index (χ3v) is 8.98. The van der Waals surface area contributed by atoms with Crippen LogP contribution in [-0.2, 0) is 16.1 Å². The van der Waals surface area contributed by atoms with Crippen molar-refractivity contribution in [3.63, 3.8) is 0 Å².